The minimum absolute atomic E-state index is 0.0566. The van der Waals surface area contributed by atoms with Crippen LogP contribution in [0.1, 0.15) is 43.7 Å². The minimum atomic E-state index is -4.64. The third-order valence-corrected chi connectivity index (χ3v) is 6.56. The first-order valence-electron chi connectivity index (χ1n) is 10.3. The van der Waals surface area contributed by atoms with Crippen molar-refractivity contribution >= 4 is 27.4 Å². The molecule has 4 rings (SSSR count). The molecule has 0 saturated carbocycles. The number of para-hydroxylation sites is 1. The van der Waals surface area contributed by atoms with E-state index in [2.05, 4.69) is 22.0 Å². The van der Waals surface area contributed by atoms with Crippen molar-refractivity contribution in [1.29, 1.82) is 5.26 Å². The number of carbonyl (C=O) groups excluding carboxylic acids is 1. The van der Waals surface area contributed by atoms with Crippen LogP contribution in [-0.4, -0.2) is 5.78 Å². The maximum absolute atomic E-state index is 13.9. The van der Waals surface area contributed by atoms with E-state index >= 15 is 0 Å². The van der Waals surface area contributed by atoms with E-state index in [1.165, 1.54) is 23.1 Å². The maximum Gasteiger partial charge on any atom is 0.418 e. The van der Waals surface area contributed by atoms with Crippen molar-refractivity contribution in [1.82, 2.24) is 0 Å². The lowest BCUT2D eigenvalue weighted by molar-refractivity contribution is -0.137. The molecule has 0 fully saturated rings. The molecule has 0 aromatic heterocycles. The van der Waals surface area contributed by atoms with Gasteiger partial charge in [0.2, 0.25) is 0 Å². The Kier molecular flexibility index (Phi) is 5.65. The Balaban J connectivity index is 2.04. The summed E-state index contributed by atoms with van der Waals surface area (Å²) in [7, 11) is 0. The molecule has 1 aliphatic heterocycles. The van der Waals surface area contributed by atoms with E-state index in [0.717, 1.165) is 10.5 Å². The first kappa shape index (κ1) is 23.1. The second-order valence-corrected chi connectivity index (χ2v) is 9.96. The quantitative estimate of drug-likeness (QED) is 0.501. The molecular weight excluding hydrogens is 495 g/mol. The zero-order chi connectivity index (χ0) is 24.1. The molecule has 0 saturated heterocycles. The van der Waals surface area contributed by atoms with Crippen LogP contribution in [0.4, 0.5) is 18.9 Å². The predicted molar refractivity (Wildman–Crippen MR) is 123 cm³/mol. The van der Waals surface area contributed by atoms with Crippen molar-refractivity contribution in [3.63, 3.8) is 0 Å². The fourth-order valence-corrected chi connectivity index (χ4v) is 4.95. The molecule has 4 nitrogen and oxygen atoms in total. The Morgan fingerprint density at radius 1 is 1.12 bits per heavy atom. The summed E-state index contributed by atoms with van der Waals surface area (Å²) < 4.78 is 42.5. The van der Waals surface area contributed by atoms with Gasteiger partial charge in [-0.3, -0.25) is 9.69 Å². The monoisotopic (exact) mass is 515 g/mol. The number of Topliss-reactive ketones (excluding diaryl/α,β-unsaturated/α-hetero) is 1. The zero-order valence-corrected chi connectivity index (χ0v) is 19.6. The third-order valence-electron chi connectivity index (χ3n) is 6.03. The fourth-order valence-electron chi connectivity index (χ4n) is 4.68. The van der Waals surface area contributed by atoms with E-state index in [1.54, 1.807) is 24.3 Å². The van der Waals surface area contributed by atoms with E-state index in [4.69, 9.17) is 5.73 Å². The number of benzene rings is 2. The Morgan fingerprint density at radius 3 is 2.36 bits per heavy atom. The lowest BCUT2D eigenvalue weighted by atomic mass is 9.68. The van der Waals surface area contributed by atoms with Gasteiger partial charge in [0.15, 0.2) is 5.78 Å². The third kappa shape index (κ3) is 4.06. The van der Waals surface area contributed by atoms with Crippen molar-refractivity contribution in [2.24, 2.45) is 11.1 Å². The first-order chi connectivity index (χ1) is 15.4. The summed E-state index contributed by atoms with van der Waals surface area (Å²) in [4.78, 5) is 14.7. The summed E-state index contributed by atoms with van der Waals surface area (Å²) in [6, 6.07) is 14.3. The van der Waals surface area contributed by atoms with Gasteiger partial charge in [0.25, 0.3) is 0 Å². The molecule has 0 unspecified atom stereocenters. The Labute approximate surface area is 198 Å². The van der Waals surface area contributed by atoms with Gasteiger partial charge in [0.05, 0.1) is 28.8 Å². The van der Waals surface area contributed by atoms with Gasteiger partial charge in [-0.25, -0.2) is 0 Å². The van der Waals surface area contributed by atoms with Gasteiger partial charge in [0, 0.05) is 22.2 Å². The highest BCUT2D eigenvalue weighted by Gasteiger charge is 2.46. The molecule has 170 valence electrons. The van der Waals surface area contributed by atoms with Crippen LogP contribution in [0.25, 0.3) is 0 Å². The summed E-state index contributed by atoms with van der Waals surface area (Å²) >= 11 is 3.38. The van der Waals surface area contributed by atoms with E-state index in [0.29, 0.717) is 23.3 Å². The molecule has 1 aliphatic carbocycles. The maximum atomic E-state index is 13.9. The lowest BCUT2D eigenvalue weighted by Crippen LogP contribution is -2.42. The van der Waals surface area contributed by atoms with Crippen molar-refractivity contribution in [2.45, 2.75) is 38.8 Å². The summed E-state index contributed by atoms with van der Waals surface area (Å²) in [5, 5.41) is 10.0. The normalized spacial score (nSPS) is 20.6. The molecule has 0 amide bonds. The van der Waals surface area contributed by atoms with E-state index in [1.807, 2.05) is 13.8 Å². The number of halogens is 4. The number of hydrogen-bond acceptors (Lipinski definition) is 4. The molecule has 1 heterocycles. The van der Waals surface area contributed by atoms with Crippen LogP contribution in [0.15, 0.2) is 75.7 Å². The molecule has 0 bridgehead atoms. The number of anilines is 1. The Hall–Kier alpha value is -3.05. The fraction of sp³-hybridized carbons (Fsp3) is 0.280. The zero-order valence-electron chi connectivity index (χ0n) is 18.0. The molecule has 2 N–H and O–H groups in total. The van der Waals surface area contributed by atoms with Crippen LogP contribution in [0.3, 0.4) is 0 Å². The molecule has 0 spiro atoms. The van der Waals surface area contributed by atoms with E-state index < -0.39 is 23.1 Å². The van der Waals surface area contributed by atoms with Crippen LogP contribution in [0, 0.1) is 16.7 Å². The van der Waals surface area contributed by atoms with Crippen molar-refractivity contribution in [3.8, 4) is 6.07 Å². The van der Waals surface area contributed by atoms with Crippen molar-refractivity contribution in [2.75, 3.05) is 4.90 Å². The van der Waals surface area contributed by atoms with Gasteiger partial charge in [-0.1, -0.05) is 54.0 Å². The minimum Gasteiger partial charge on any atom is -0.384 e. The van der Waals surface area contributed by atoms with Gasteiger partial charge >= 0.3 is 6.18 Å². The average molecular weight is 516 g/mol. The van der Waals surface area contributed by atoms with Crippen molar-refractivity contribution in [3.05, 3.63) is 86.8 Å². The van der Waals surface area contributed by atoms with Crippen LogP contribution in [0.2, 0.25) is 0 Å². The number of carbonyl (C=O) groups is 1. The van der Waals surface area contributed by atoms with Gasteiger partial charge in [0.1, 0.15) is 5.82 Å². The smallest absolute Gasteiger partial charge is 0.384 e. The van der Waals surface area contributed by atoms with Gasteiger partial charge in [-0.05, 0) is 41.7 Å². The highest BCUT2D eigenvalue weighted by molar-refractivity contribution is 9.10. The van der Waals surface area contributed by atoms with Crippen LogP contribution in [-0.2, 0) is 11.0 Å². The second-order valence-electron chi connectivity index (χ2n) is 9.05. The van der Waals surface area contributed by atoms with Gasteiger partial charge in [-0.15, -0.1) is 0 Å². The molecule has 8 heteroatoms. The number of alkyl halides is 3. The van der Waals surface area contributed by atoms with Crippen LogP contribution >= 0.6 is 15.9 Å². The topological polar surface area (TPSA) is 70.1 Å². The van der Waals surface area contributed by atoms with E-state index in [9.17, 15) is 23.2 Å². The standard InChI is InChI=1S/C25H21BrF3N3O/c1-24(2)11-19-22(20(33)12-24)21(14-7-9-15(26)10-8-14)16(13-30)23(31)32(19)18-6-4-3-5-17(18)25(27,28)29/h3-10,21H,11-12,31H2,1-2H3/t21-/m0/s1. The molecule has 1 atom stereocenters. The number of rotatable bonds is 2. The molecule has 2 aromatic carbocycles. The average Bonchev–Trinajstić information content (AvgIpc) is 2.72. The summed E-state index contributed by atoms with van der Waals surface area (Å²) in [6.45, 7) is 3.80. The largest absolute Gasteiger partial charge is 0.418 e. The predicted octanol–water partition coefficient (Wildman–Crippen LogP) is 6.41. The number of nitrogens with zero attached hydrogens (tertiary/aromatic N) is 2. The molecule has 2 aliphatic rings. The highest BCUT2D eigenvalue weighted by Crippen LogP contribution is 2.51. The molecule has 2 aromatic rings. The van der Waals surface area contributed by atoms with Gasteiger partial charge in [-0.2, -0.15) is 18.4 Å². The Bertz CT molecular complexity index is 1240. The number of hydrogen-bond donors (Lipinski definition) is 1. The van der Waals surface area contributed by atoms with E-state index in [-0.39, 0.29) is 29.3 Å². The number of allylic oxidation sites excluding steroid dienone is 3. The number of nitrogens with two attached hydrogens (primary N) is 1. The highest BCUT2D eigenvalue weighted by atomic mass is 79.9. The summed E-state index contributed by atoms with van der Waals surface area (Å²) in [5.74, 6) is -1.02. The summed E-state index contributed by atoms with van der Waals surface area (Å²) in [6.07, 6.45) is -4.07. The van der Waals surface area contributed by atoms with Crippen LogP contribution < -0.4 is 10.6 Å². The Morgan fingerprint density at radius 2 is 1.76 bits per heavy atom. The molecule has 0 radical (unpaired) electrons. The molecule has 33 heavy (non-hydrogen) atoms. The van der Waals surface area contributed by atoms with Gasteiger partial charge < -0.3 is 5.73 Å². The number of ketones is 1. The van der Waals surface area contributed by atoms with Crippen molar-refractivity contribution < 1.29 is 18.0 Å². The lowest BCUT2D eigenvalue weighted by Gasteiger charge is -2.44. The summed E-state index contributed by atoms with van der Waals surface area (Å²) in [5.41, 5.74) is 6.38. The SMILES string of the molecule is CC1(C)CC(=O)C2=C(C1)N(c1ccccc1C(F)(F)F)C(N)=C(C#N)[C@@H]2c1ccc(Br)cc1. The van der Waals surface area contributed by atoms with Crippen LogP contribution in [0.5, 0.6) is 0 Å². The number of nitriles is 1. The second kappa shape index (κ2) is 8.07. The molecular formula is C25H21BrF3N3O. The first-order valence-corrected chi connectivity index (χ1v) is 11.1.